The molecule has 1 aromatic heterocycles. The van der Waals surface area contributed by atoms with Crippen molar-refractivity contribution in [3.63, 3.8) is 0 Å². The van der Waals surface area contributed by atoms with Crippen molar-refractivity contribution >= 4 is 5.91 Å². The van der Waals surface area contributed by atoms with Gasteiger partial charge < -0.3 is 4.90 Å². The lowest BCUT2D eigenvalue weighted by Gasteiger charge is -2.54. The van der Waals surface area contributed by atoms with Crippen molar-refractivity contribution in [2.75, 3.05) is 6.54 Å². The second kappa shape index (κ2) is 4.34. The van der Waals surface area contributed by atoms with Crippen LogP contribution in [0.3, 0.4) is 0 Å². The largest absolute Gasteiger partial charge is 0.333 e. The van der Waals surface area contributed by atoms with E-state index >= 15 is 0 Å². The van der Waals surface area contributed by atoms with Gasteiger partial charge in [0.15, 0.2) is 5.69 Å². The molecule has 0 spiro atoms. The van der Waals surface area contributed by atoms with E-state index in [1.807, 2.05) is 22.7 Å². The highest BCUT2D eigenvalue weighted by Crippen LogP contribution is 2.50. The molecule has 0 N–H and O–H groups in total. The van der Waals surface area contributed by atoms with Gasteiger partial charge >= 0.3 is 0 Å². The predicted molar refractivity (Wildman–Crippen MR) is 78.6 cm³/mol. The third-order valence-corrected chi connectivity index (χ3v) is 4.77. The molecule has 0 unspecified atom stereocenters. The normalized spacial score (nSPS) is 24.9. The second-order valence-electron chi connectivity index (χ2n) is 7.44. The maximum Gasteiger partial charge on any atom is 0.274 e. The molecule has 3 rings (SSSR count). The van der Waals surface area contributed by atoms with Crippen molar-refractivity contribution in [1.29, 1.82) is 0 Å². The fourth-order valence-electron chi connectivity index (χ4n) is 3.72. The van der Waals surface area contributed by atoms with Crippen LogP contribution in [0, 0.1) is 11.3 Å². The molecule has 2 heterocycles. The van der Waals surface area contributed by atoms with Crippen LogP contribution in [0.25, 0.3) is 0 Å². The zero-order valence-corrected chi connectivity index (χ0v) is 13.2. The first-order chi connectivity index (χ1) is 9.31. The Labute approximate surface area is 121 Å². The van der Waals surface area contributed by atoms with E-state index in [1.165, 1.54) is 12.8 Å². The van der Waals surface area contributed by atoms with E-state index in [2.05, 4.69) is 32.8 Å². The van der Waals surface area contributed by atoms with Gasteiger partial charge in [0.1, 0.15) is 0 Å². The van der Waals surface area contributed by atoms with Gasteiger partial charge in [-0.15, -0.1) is 0 Å². The van der Waals surface area contributed by atoms with E-state index in [-0.39, 0.29) is 11.3 Å². The second-order valence-corrected chi connectivity index (χ2v) is 7.44. The zero-order valence-electron chi connectivity index (χ0n) is 13.2. The van der Waals surface area contributed by atoms with Gasteiger partial charge in [-0.2, -0.15) is 5.10 Å². The molecular formula is C16H25N3O. The first kappa shape index (κ1) is 13.7. The van der Waals surface area contributed by atoms with Gasteiger partial charge in [-0.1, -0.05) is 27.7 Å². The topological polar surface area (TPSA) is 38.1 Å². The predicted octanol–water partition coefficient (Wildman–Crippen LogP) is 2.80. The van der Waals surface area contributed by atoms with E-state index in [1.54, 1.807) is 0 Å². The maximum atomic E-state index is 12.7. The van der Waals surface area contributed by atoms with E-state index in [0.29, 0.717) is 17.7 Å². The zero-order chi connectivity index (χ0) is 14.7. The number of hydrogen-bond donors (Lipinski definition) is 0. The lowest BCUT2D eigenvalue weighted by Crippen LogP contribution is -2.64. The Hall–Kier alpha value is -1.32. The van der Waals surface area contributed by atoms with Crippen LogP contribution < -0.4 is 0 Å². The van der Waals surface area contributed by atoms with E-state index < -0.39 is 0 Å². The number of aryl methyl sites for hydroxylation is 1. The number of nitrogens with zero attached hydrogens (tertiary/aromatic N) is 3. The first-order valence-electron chi connectivity index (χ1n) is 7.66. The van der Waals surface area contributed by atoms with Crippen molar-refractivity contribution < 1.29 is 4.79 Å². The maximum absolute atomic E-state index is 12.7. The van der Waals surface area contributed by atoms with Gasteiger partial charge in [0.25, 0.3) is 5.91 Å². The van der Waals surface area contributed by atoms with Crippen LogP contribution in [0.4, 0.5) is 0 Å². The fraction of sp³-hybridized carbons (Fsp3) is 0.750. The summed E-state index contributed by atoms with van der Waals surface area (Å²) in [6.07, 6.45) is 2.55. The highest BCUT2D eigenvalue weighted by atomic mass is 16.2. The van der Waals surface area contributed by atoms with Crippen LogP contribution in [0.2, 0.25) is 0 Å². The summed E-state index contributed by atoms with van der Waals surface area (Å²) >= 11 is 0. The quantitative estimate of drug-likeness (QED) is 0.850. The smallest absolute Gasteiger partial charge is 0.274 e. The SMILES string of the molecule is CC(C)c1cc(C(=O)N2CC(C)(C)[C@@H]2C2CC2)nn1C. The summed E-state index contributed by atoms with van der Waals surface area (Å²) in [5, 5.41) is 4.42. The molecule has 4 nitrogen and oxygen atoms in total. The molecule has 2 fully saturated rings. The minimum atomic E-state index is 0.115. The highest BCUT2D eigenvalue weighted by molar-refractivity contribution is 5.93. The fourth-order valence-corrected chi connectivity index (χ4v) is 3.72. The monoisotopic (exact) mass is 275 g/mol. The number of amides is 1. The summed E-state index contributed by atoms with van der Waals surface area (Å²) in [6, 6.07) is 2.38. The first-order valence-corrected chi connectivity index (χ1v) is 7.66. The van der Waals surface area contributed by atoms with E-state index in [0.717, 1.165) is 18.2 Å². The molecule has 1 amide bonds. The summed E-state index contributed by atoms with van der Waals surface area (Å²) < 4.78 is 1.84. The molecule has 1 aliphatic heterocycles. The number of likely N-dealkylation sites (tertiary alicyclic amines) is 1. The van der Waals surface area contributed by atoms with Crippen molar-refractivity contribution in [3.05, 3.63) is 17.5 Å². The lowest BCUT2D eigenvalue weighted by atomic mass is 9.72. The third kappa shape index (κ3) is 2.05. The average molecular weight is 275 g/mol. The van der Waals surface area contributed by atoms with Crippen molar-refractivity contribution in [1.82, 2.24) is 14.7 Å². The molecule has 4 heteroatoms. The van der Waals surface area contributed by atoms with Gasteiger partial charge in [-0.05, 0) is 30.7 Å². The Morgan fingerprint density at radius 1 is 1.40 bits per heavy atom. The molecule has 1 aliphatic carbocycles. The summed E-state index contributed by atoms with van der Waals surface area (Å²) in [6.45, 7) is 9.67. The minimum Gasteiger partial charge on any atom is -0.333 e. The molecule has 20 heavy (non-hydrogen) atoms. The Balaban J connectivity index is 1.81. The number of aromatic nitrogens is 2. The Morgan fingerprint density at radius 2 is 2.05 bits per heavy atom. The lowest BCUT2D eigenvalue weighted by molar-refractivity contribution is -0.0413. The van der Waals surface area contributed by atoms with E-state index in [4.69, 9.17) is 0 Å². The number of carbonyl (C=O) groups excluding carboxylic acids is 1. The average Bonchev–Trinajstić information content (AvgIpc) is 3.06. The molecule has 0 bridgehead atoms. The van der Waals surface area contributed by atoms with Crippen LogP contribution in [-0.4, -0.2) is 33.2 Å². The molecule has 1 atom stereocenters. The van der Waals surface area contributed by atoms with Crippen LogP contribution >= 0.6 is 0 Å². The number of carbonyl (C=O) groups is 1. The molecule has 2 aliphatic rings. The van der Waals surface area contributed by atoms with Crippen LogP contribution in [0.1, 0.15) is 62.6 Å². The van der Waals surface area contributed by atoms with Crippen molar-refractivity contribution in [3.8, 4) is 0 Å². The summed E-state index contributed by atoms with van der Waals surface area (Å²) in [7, 11) is 1.92. The van der Waals surface area contributed by atoms with Crippen LogP contribution in [0.5, 0.6) is 0 Å². The highest BCUT2D eigenvalue weighted by Gasteiger charge is 2.54. The molecular weight excluding hydrogens is 250 g/mol. The number of rotatable bonds is 3. The molecule has 1 aromatic rings. The van der Waals surface area contributed by atoms with Gasteiger partial charge in [0.2, 0.25) is 0 Å². The third-order valence-electron chi connectivity index (χ3n) is 4.77. The Bertz CT molecular complexity index is 540. The number of hydrogen-bond acceptors (Lipinski definition) is 2. The molecule has 0 radical (unpaired) electrons. The van der Waals surface area contributed by atoms with Crippen LogP contribution in [-0.2, 0) is 7.05 Å². The van der Waals surface area contributed by atoms with Crippen molar-refractivity contribution in [2.45, 2.75) is 52.5 Å². The van der Waals surface area contributed by atoms with Gasteiger partial charge in [-0.3, -0.25) is 9.48 Å². The molecule has 110 valence electrons. The summed E-state index contributed by atoms with van der Waals surface area (Å²) in [5.41, 5.74) is 2.00. The molecule has 0 aromatic carbocycles. The van der Waals surface area contributed by atoms with Gasteiger partial charge in [-0.25, -0.2) is 0 Å². The Morgan fingerprint density at radius 3 is 2.50 bits per heavy atom. The summed E-state index contributed by atoms with van der Waals surface area (Å²) in [5.74, 6) is 1.22. The Kier molecular flexibility index (Phi) is 2.96. The minimum absolute atomic E-state index is 0.115. The van der Waals surface area contributed by atoms with Gasteiger partial charge in [0.05, 0.1) is 0 Å². The van der Waals surface area contributed by atoms with Crippen LogP contribution in [0.15, 0.2) is 6.07 Å². The van der Waals surface area contributed by atoms with E-state index in [9.17, 15) is 4.79 Å². The summed E-state index contributed by atoms with van der Waals surface area (Å²) in [4.78, 5) is 14.7. The standard InChI is InChI=1S/C16H25N3O/c1-10(2)13-8-12(17-18(13)5)15(20)19-9-16(3,4)14(19)11-6-7-11/h8,10-11,14H,6-7,9H2,1-5H3/t14-/m0/s1. The van der Waals surface area contributed by atoms with Crippen molar-refractivity contribution in [2.24, 2.45) is 18.4 Å². The molecule has 1 saturated carbocycles. The molecule has 1 saturated heterocycles. The van der Waals surface area contributed by atoms with Gasteiger partial charge in [0, 0.05) is 30.7 Å².